The number of benzene rings is 2. The van der Waals surface area contributed by atoms with Crippen molar-refractivity contribution in [2.45, 2.75) is 25.2 Å². The van der Waals surface area contributed by atoms with Gasteiger partial charge in [-0.05, 0) is 42.7 Å². The van der Waals surface area contributed by atoms with Gasteiger partial charge in [-0.3, -0.25) is 4.79 Å². The molecule has 0 N–H and O–H groups in total. The van der Waals surface area contributed by atoms with Crippen molar-refractivity contribution in [1.29, 1.82) is 0 Å². The number of methoxy groups -OCH3 is 2. The predicted molar refractivity (Wildman–Crippen MR) is 117 cm³/mol. The molecule has 1 aliphatic rings. The fraction of sp³-hybridized carbons (Fsp3) is 0.348. The molecule has 0 bridgehead atoms. The monoisotopic (exact) mass is 423 g/mol. The van der Waals surface area contributed by atoms with E-state index in [0.717, 1.165) is 48.1 Å². The summed E-state index contributed by atoms with van der Waals surface area (Å²) < 4.78 is 10.6. The van der Waals surface area contributed by atoms with E-state index in [1.165, 1.54) is 5.56 Å². The molecule has 0 spiro atoms. The fourth-order valence-electron chi connectivity index (χ4n) is 3.74. The van der Waals surface area contributed by atoms with Gasteiger partial charge in [0.25, 0.3) is 5.91 Å². The normalized spacial score (nSPS) is 14.5. The predicted octanol–water partition coefficient (Wildman–Crippen LogP) is 4.17. The van der Waals surface area contributed by atoms with Gasteiger partial charge in [-0.2, -0.15) is 0 Å². The molecule has 1 saturated heterocycles. The van der Waals surface area contributed by atoms with Crippen LogP contribution >= 0.6 is 11.3 Å². The van der Waals surface area contributed by atoms with E-state index in [2.05, 4.69) is 22.3 Å². The standard InChI is InChI=1S/C23H25N3O3S/c1-28-18-9-7-16(8-10-18)15-21-24-25-22(30-21)17-11-13-26(14-12-17)23(27)19-5-3-4-6-20(19)29-2/h3-10,17H,11-15H2,1-2H3. The quantitative estimate of drug-likeness (QED) is 0.596. The zero-order valence-electron chi connectivity index (χ0n) is 17.2. The molecule has 0 atom stereocenters. The van der Waals surface area contributed by atoms with Gasteiger partial charge in [-0.25, -0.2) is 0 Å². The number of piperidine rings is 1. The van der Waals surface area contributed by atoms with Crippen LogP contribution in [-0.2, 0) is 6.42 Å². The van der Waals surface area contributed by atoms with E-state index in [1.54, 1.807) is 25.6 Å². The van der Waals surface area contributed by atoms with Crippen LogP contribution in [-0.4, -0.2) is 48.3 Å². The van der Waals surface area contributed by atoms with Crippen LogP contribution in [0.1, 0.15) is 44.7 Å². The minimum absolute atomic E-state index is 0.0309. The third-order valence-corrected chi connectivity index (χ3v) is 6.55. The third kappa shape index (κ3) is 4.46. The van der Waals surface area contributed by atoms with Gasteiger partial charge in [0.2, 0.25) is 0 Å². The Balaban J connectivity index is 1.35. The van der Waals surface area contributed by atoms with Crippen molar-refractivity contribution < 1.29 is 14.3 Å². The maximum absolute atomic E-state index is 12.9. The lowest BCUT2D eigenvalue weighted by Crippen LogP contribution is -2.38. The number of carbonyl (C=O) groups excluding carboxylic acids is 1. The maximum atomic E-state index is 12.9. The number of nitrogens with zero attached hydrogens (tertiary/aromatic N) is 3. The fourth-order valence-corrected chi connectivity index (χ4v) is 4.79. The number of rotatable bonds is 6. The van der Waals surface area contributed by atoms with E-state index in [9.17, 15) is 4.79 Å². The lowest BCUT2D eigenvalue weighted by atomic mass is 9.97. The summed E-state index contributed by atoms with van der Waals surface area (Å²) in [6.07, 6.45) is 2.57. The highest BCUT2D eigenvalue weighted by molar-refractivity contribution is 7.11. The summed E-state index contributed by atoms with van der Waals surface area (Å²) in [6, 6.07) is 15.4. The van der Waals surface area contributed by atoms with Gasteiger partial charge in [0.1, 0.15) is 21.5 Å². The topological polar surface area (TPSA) is 64.6 Å². The van der Waals surface area contributed by atoms with Crippen LogP contribution in [0.3, 0.4) is 0 Å². The van der Waals surface area contributed by atoms with Crippen LogP contribution in [0.15, 0.2) is 48.5 Å². The summed E-state index contributed by atoms with van der Waals surface area (Å²) in [5.41, 5.74) is 1.81. The Morgan fingerprint density at radius 3 is 2.47 bits per heavy atom. The van der Waals surface area contributed by atoms with Crippen LogP contribution in [0.2, 0.25) is 0 Å². The van der Waals surface area contributed by atoms with Crippen molar-refractivity contribution in [3.63, 3.8) is 0 Å². The van der Waals surface area contributed by atoms with Gasteiger partial charge in [-0.1, -0.05) is 24.3 Å². The van der Waals surface area contributed by atoms with Crippen LogP contribution in [0.4, 0.5) is 0 Å². The van der Waals surface area contributed by atoms with E-state index in [0.29, 0.717) is 17.2 Å². The molecule has 0 radical (unpaired) electrons. The van der Waals surface area contributed by atoms with Gasteiger partial charge in [0.05, 0.1) is 19.8 Å². The molecule has 7 heteroatoms. The van der Waals surface area contributed by atoms with Gasteiger partial charge in [0.15, 0.2) is 0 Å². The number of hydrogen-bond acceptors (Lipinski definition) is 6. The highest BCUT2D eigenvalue weighted by Gasteiger charge is 2.28. The van der Waals surface area contributed by atoms with E-state index in [-0.39, 0.29) is 5.91 Å². The number of amides is 1. The summed E-state index contributed by atoms with van der Waals surface area (Å²) in [5.74, 6) is 1.86. The Morgan fingerprint density at radius 2 is 1.77 bits per heavy atom. The SMILES string of the molecule is COc1ccc(Cc2nnc(C3CCN(C(=O)c4ccccc4OC)CC3)s2)cc1. The molecular weight excluding hydrogens is 398 g/mol. The first-order valence-electron chi connectivity index (χ1n) is 10.1. The highest BCUT2D eigenvalue weighted by Crippen LogP contribution is 2.32. The van der Waals surface area contributed by atoms with Crippen molar-refractivity contribution in [2.24, 2.45) is 0 Å². The number of hydrogen-bond donors (Lipinski definition) is 0. The minimum atomic E-state index is 0.0309. The molecule has 1 fully saturated rings. The molecule has 156 valence electrons. The molecule has 0 unspecified atom stereocenters. The van der Waals surface area contributed by atoms with Gasteiger partial charge >= 0.3 is 0 Å². The van der Waals surface area contributed by atoms with Crippen LogP contribution in [0, 0.1) is 0 Å². The molecule has 3 aromatic rings. The van der Waals surface area contributed by atoms with Crippen molar-refractivity contribution in [3.05, 3.63) is 69.7 Å². The van der Waals surface area contributed by atoms with Gasteiger partial charge < -0.3 is 14.4 Å². The number of para-hydroxylation sites is 1. The number of ether oxygens (including phenoxy) is 2. The van der Waals surface area contributed by atoms with E-state index >= 15 is 0 Å². The second kappa shape index (κ2) is 9.26. The molecule has 0 aliphatic carbocycles. The van der Waals surface area contributed by atoms with Crippen molar-refractivity contribution in [2.75, 3.05) is 27.3 Å². The molecule has 1 aromatic heterocycles. The molecule has 2 heterocycles. The summed E-state index contributed by atoms with van der Waals surface area (Å²) in [7, 11) is 3.26. The number of likely N-dealkylation sites (tertiary alicyclic amines) is 1. The molecule has 4 rings (SSSR count). The molecule has 30 heavy (non-hydrogen) atoms. The van der Waals surface area contributed by atoms with E-state index in [4.69, 9.17) is 9.47 Å². The molecular formula is C23H25N3O3S. The Morgan fingerprint density at radius 1 is 1.03 bits per heavy atom. The van der Waals surface area contributed by atoms with Crippen LogP contribution in [0.25, 0.3) is 0 Å². The lowest BCUT2D eigenvalue weighted by molar-refractivity contribution is 0.0709. The minimum Gasteiger partial charge on any atom is -0.497 e. The van der Waals surface area contributed by atoms with Crippen molar-refractivity contribution >= 4 is 17.2 Å². The smallest absolute Gasteiger partial charge is 0.257 e. The summed E-state index contributed by atoms with van der Waals surface area (Å²) in [6.45, 7) is 1.43. The van der Waals surface area contributed by atoms with Crippen molar-refractivity contribution in [1.82, 2.24) is 15.1 Å². The summed E-state index contributed by atoms with van der Waals surface area (Å²) in [4.78, 5) is 14.8. The molecule has 6 nitrogen and oxygen atoms in total. The largest absolute Gasteiger partial charge is 0.497 e. The van der Waals surface area contributed by atoms with Crippen LogP contribution < -0.4 is 9.47 Å². The zero-order chi connectivity index (χ0) is 20.9. The number of carbonyl (C=O) groups is 1. The highest BCUT2D eigenvalue weighted by atomic mass is 32.1. The zero-order valence-corrected chi connectivity index (χ0v) is 18.0. The third-order valence-electron chi connectivity index (χ3n) is 5.47. The van der Waals surface area contributed by atoms with Crippen molar-refractivity contribution in [3.8, 4) is 11.5 Å². The second-order valence-electron chi connectivity index (χ2n) is 7.33. The van der Waals surface area contributed by atoms with E-state index in [1.807, 2.05) is 41.3 Å². The number of aromatic nitrogens is 2. The first-order valence-corrected chi connectivity index (χ1v) is 10.9. The lowest BCUT2D eigenvalue weighted by Gasteiger charge is -2.31. The molecule has 1 amide bonds. The first-order chi connectivity index (χ1) is 14.7. The molecule has 2 aromatic carbocycles. The second-order valence-corrected chi connectivity index (χ2v) is 8.42. The molecule has 0 saturated carbocycles. The Labute approximate surface area is 180 Å². The summed E-state index contributed by atoms with van der Waals surface area (Å²) >= 11 is 1.68. The summed E-state index contributed by atoms with van der Waals surface area (Å²) in [5, 5.41) is 10.9. The average molecular weight is 424 g/mol. The Bertz CT molecular complexity index is 995. The van der Waals surface area contributed by atoms with E-state index < -0.39 is 0 Å². The van der Waals surface area contributed by atoms with Gasteiger partial charge in [-0.15, -0.1) is 21.5 Å². The van der Waals surface area contributed by atoms with Crippen LogP contribution in [0.5, 0.6) is 11.5 Å². The maximum Gasteiger partial charge on any atom is 0.257 e. The molecule has 1 aliphatic heterocycles. The van der Waals surface area contributed by atoms with Gasteiger partial charge in [0, 0.05) is 25.4 Å². The average Bonchev–Trinajstić information content (AvgIpc) is 3.27. The first kappa shape index (κ1) is 20.3. The Kier molecular flexibility index (Phi) is 6.28. The Hall–Kier alpha value is -2.93.